The maximum atomic E-state index is 13.7. The third kappa shape index (κ3) is 9.41. The molecule has 4 nitrogen and oxygen atoms in total. The fourth-order valence-electron chi connectivity index (χ4n) is 3.84. The average Bonchev–Trinajstić information content (AvgIpc) is 2.87. The van der Waals surface area contributed by atoms with Crippen molar-refractivity contribution >= 4 is 46.8 Å². The highest BCUT2D eigenvalue weighted by Crippen LogP contribution is 2.25. The lowest BCUT2D eigenvalue weighted by Gasteiger charge is -2.32. The first-order valence-corrected chi connectivity index (χ1v) is 14.3. The maximum Gasteiger partial charge on any atom is 0.243 e. The molecule has 0 saturated heterocycles. The van der Waals surface area contributed by atoms with Crippen molar-refractivity contribution in [3.63, 3.8) is 0 Å². The molecule has 1 atom stereocenters. The second-order valence-corrected chi connectivity index (χ2v) is 11.4. The molecule has 0 heterocycles. The molecule has 0 saturated carbocycles. The molecular weight excluding hydrogens is 523 g/mol. The van der Waals surface area contributed by atoms with E-state index in [4.69, 9.17) is 23.2 Å². The number of aryl methyl sites for hydroxylation is 1. The topological polar surface area (TPSA) is 49.4 Å². The Balaban J connectivity index is 1.84. The molecule has 0 fully saturated rings. The van der Waals surface area contributed by atoms with E-state index in [-0.39, 0.29) is 17.6 Å². The molecule has 37 heavy (non-hydrogen) atoms. The van der Waals surface area contributed by atoms with Crippen molar-refractivity contribution in [3.05, 3.63) is 105 Å². The van der Waals surface area contributed by atoms with Gasteiger partial charge in [-0.05, 0) is 41.7 Å². The van der Waals surface area contributed by atoms with Gasteiger partial charge in [0.25, 0.3) is 0 Å². The van der Waals surface area contributed by atoms with Gasteiger partial charge in [0, 0.05) is 35.3 Å². The van der Waals surface area contributed by atoms with Crippen LogP contribution in [0.1, 0.15) is 36.1 Å². The van der Waals surface area contributed by atoms with Crippen molar-refractivity contribution in [3.8, 4) is 0 Å². The fourth-order valence-corrected chi connectivity index (χ4v) is 5.31. The highest BCUT2D eigenvalue weighted by molar-refractivity contribution is 7.99. The summed E-state index contributed by atoms with van der Waals surface area (Å²) in [5.41, 5.74) is 4.06. The summed E-state index contributed by atoms with van der Waals surface area (Å²) in [7, 11) is 0. The number of benzene rings is 3. The van der Waals surface area contributed by atoms with Gasteiger partial charge >= 0.3 is 0 Å². The van der Waals surface area contributed by atoms with Crippen LogP contribution in [0, 0.1) is 12.8 Å². The Bertz CT molecular complexity index is 1170. The molecule has 1 N–H and O–H groups in total. The Morgan fingerprint density at radius 2 is 1.65 bits per heavy atom. The van der Waals surface area contributed by atoms with Crippen LogP contribution in [0.4, 0.5) is 0 Å². The van der Waals surface area contributed by atoms with Crippen LogP contribution < -0.4 is 5.32 Å². The Morgan fingerprint density at radius 1 is 0.946 bits per heavy atom. The molecule has 3 rings (SSSR count). The van der Waals surface area contributed by atoms with Crippen LogP contribution in [0.3, 0.4) is 0 Å². The molecule has 196 valence electrons. The van der Waals surface area contributed by atoms with Crippen LogP contribution in [-0.4, -0.2) is 35.1 Å². The molecule has 1 unspecified atom stereocenters. The predicted molar refractivity (Wildman–Crippen MR) is 156 cm³/mol. The number of amides is 2. The molecule has 2 amide bonds. The number of carbonyl (C=O) groups is 2. The van der Waals surface area contributed by atoms with E-state index in [1.165, 1.54) is 11.8 Å². The van der Waals surface area contributed by atoms with Crippen molar-refractivity contribution in [2.75, 3.05) is 12.3 Å². The summed E-state index contributed by atoms with van der Waals surface area (Å²) in [6.07, 6.45) is 0.441. The second kappa shape index (κ2) is 14.5. The second-order valence-electron chi connectivity index (χ2n) is 9.58. The van der Waals surface area contributed by atoms with Gasteiger partial charge in [-0.25, -0.2) is 0 Å². The number of hydrogen-bond donors (Lipinski definition) is 1. The third-order valence-corrected chi connectivity index (χ3v) is 7.48. The Morgan fingerprint density at radius 3 is 2.30 bits per heavy atom. The first-order chi connectivity index (χ1) is 17.7. The fraction of sp³-hybridized carbons (Fsp3) is 0.333. The van der Waals surface area contributed by atoms with Crippen molar-refractivity contribution < 1.29 is 9.59 Å². The first kappa shape index (κ1) is 29.1. The smallest absolute Gasteiger partial charge is 0.243 e. The van der Waals surface area contributed by atoms with Crippen LogP contribution in [0.25, 0.3) is 0 Å². The molecule has 0 aliphatic carbocycles. The normalized spacial score (nSPS) is 11.8. The van der Waals surface area contributed by atoms with Gasteiger partial charge < -0.3 is 10.2 Å². The summed E-state index contributed by atoms with van der Waals surface area (Å²) in [5, 5.41) is 4.22. The summed E-state index contributed by atoms with van der Waals surface area (Å²) in [6.45, 7) is 7.05. The van der Waals surface area contributed by atoms with Crippen molar-refractivity contribution in [2.24, 2.45) is 5.92 Å². The Hall–Kier alpha value is -2.47. The van der Waals surface area contributed by atoms with E-state index >= 15 is 0 Å². The van der Waals surface area contributed by atoms with Gasteiger partial charge in [0.2, 0.25) is 11.8 Å². The molecule has 0 spiro atoms. The van der Waals surface area contributed by atoms with Crippen LogP contribution in [0.5, 0.6) is 0 Å². The third-order valence-electron chi connectivity index (χ3n) is 5.93. The Labute approximate surface area is 234 Å². The number of carbonyl (C=O) groups excluding carboxylic acids is 2. The van der Waals surface area contributed by atoms with E-state index in [1.54, 1.807) is 17.0 Å². The highest BCUT2D eigenvalue weighted by Gasteiger charge is 2.30. The zero-order valence-corrected chi connectivity index (χ0v) is 23.9. The number of halogens is 2. The van der Waals surface area contributed by atoms with E-state index in [1.807, 2.05) is 67.6 Å². The summed E-state index contributed by atoms with van der Waals surface area (Å²) in [4.78, 5) is 28.9. The quantitative estimate of drug-likeness (QED) is 0.262. The molecule has 7 heteroatoms. The monoisotopic (exact) mass is 556 g/mol. The number of nitrogens with one attached hydrogen (secondary N) is 1. The maximum absolute atomic E-state index is 13.7. The van der Waals surface area contributed by atoms with Gasteiger partial charge in [0.1, 0.15) is 6.04 Å². The van der Waals surface area contributed by atoms with Crippen LogP contribution in [-0.2, 0) is 28.3 Å². The van der Waals surface area contributed by atoms with E-state index in [2.05, 4.69) is 19.2 Å². The molecule has 0 bridgehead atoms. The summed E-state index contributed by atoms with van der Waals surface area (Å²) >= 11 is 13.8. The van der Waals surface area contributed by atoms with E-state index < -0.39 is 6.04 Å². The van der Waals surface area contributed by atoms with Crippen molar-refractivity contribution in [2.45, 2.75) is 45.5 Å². The van der Waals surface area contributed by atoms with E-state index in [0.29, 0.717) is 41.2 Å². The Kier molecular flexibility index (Phi) is 11.4. The van der Waals surface area contributed by atoms with Gasteiger partial charge in [0.05, 0.1) is 5.75 Å². The van der Waals surface area contributed by atoms with Gasteiger partial charge in [-0.3, -0.25) is 9.59 Å². The number of rotatable bonds is 12. The van der Waals surface area contributed by atoms with Crippen LogP contribution in [0.2, 0.25) is 10.0 Å². The zero-order valence-electron chi connectivity index (χ0n) is 21.5. The van der Waals surface area contributed by atoms with Crippen molar-refractivity contribution in [1.82, 2.24) is 10.2 Å². The SMILES string of the molecule is Cc1ccc(CN(C(=O)CSCc2ccc(Cl)cc2Cl)C(Cc2ccccc2)C(=O)NCC(C)C)cc1. The molecule has 0 aliphatic heterocycles. The summed E-state index contributed by atoms with van der Waals surface area (Å²) < 4.78 is 0. The number of hydrogen-bond acceptors (Lipinski definition) is 3. The van der Waals surface area contributed by atoms with Gasteiger partial charge in [-0.2, -0.15) is 0 Å². The molecular formula is C30H34Cl2N2O2S. The van der Waals surface area contributed by atoms with E-state index in [9.17, 15) is 9.59 Å². The van der Waals surface area contributed by atoms with Gasteiger partial charge in [-0.1, -0.05) is 103 Å². The molecule has 3 aromatic rings. The standard InChI is InChI=1S/C30H34Cl2N2O2S/c1-21(2)17-33-30(36)28(15-23-7-5-4-6-8-23)34(18-24-11-9-22(3)10-12-24)29(35)20-37-19-25-13-14-26(31)16-27(25)32/h4-14,16,21,28H,15,17-20H2,1-3H3,(H,33,36). The predicted octanol–water partition coefficient (Wildman–Crippen LogP) is 6.95. The lowest BCUT2D eigenvalue weighted by molar-refractivity contribution is -0.139. The molecule has 0 radical (unpaired) electrons. The van der Waals surface area contributed by atoms with Crippen LogP contribution >= 0.6 is 35.0 Å². The lowest BCUT2D eigenvalue weighted by Crippen LogP contribution is -2.51. The van der Waals surface area contributed by atoms with Gasteiger partial charge in [0.15, 0.2) is 0 Å². The lowest BCUT2D eigenvalue weighted by atomic mass is 10.0. The minimum Gasteiger partial charge on any atom is -0.354 e. The molecule has 0 aromatic heterocycles. The summed E-state index contributed by atoms with van der Waals surface area (Å²) in [5.74, 6) is 0.888. The van der Waals surface area contributed by atoms with E-state index in [0.717, 1.165) is 22.3 Å². The average molecular weight is 558 g/mol. The largest absolute Gasteiger partial charge is 0.354 e. The van der Waals surface area contributed by atoms with Crippen molar-refractivity contribution in [1.29, 1.82) is 0 Å². The zero-order chi connectivity index (χ0) is 26.8. The molecule has 3 aromatic carbocycles. The number of thioether (sulfide) groups is 1. The minimum absolute atomic E-state index is 0.0868. The number of nitrogens with zero attached hydrogens (tertiary/aromatic N) is 1. The van der Waals surface area contributed by atoms with Gasteiger partial charge in [-0.15, -0.1) is 11.8 Å². The molecule has 0 aliphatic rings. The first-order valence-electron chi connectivity index (χ1n) is 12.4. The van der Waals surface area contributed by atoms with Crippen LogP contribution in [0.15, 0.2) is 72.8 Å². The summed E-state index contributed by atoms with van der Waals surface area (Å²) in [6, 6.07) is 22.7. The highest BCUT2D eigenvalue weighted by atomic mass is 35.5. The minimum atomic E-state index is -0.630.